The number of hydrogen-bond acceptors (Lipinski definition) is 5. The number of amides is 1. The quantitative estimate of drug-likeness (QED) is 0.344. The van der Waals surface area contributed by atoms with Gasteiger partial charge >= 0.3 is 0 Å². The number of anilines is 1. The molecule has 0 radical (unpaired) electrons. The van der Waals surface area contributed by atoms with E-state index in [-0.39, 0.29) is 18.5 Å². The van der Waals surface area contributed by atoms with Gasteiger partial charge < -0.3 is 14.6 Å². The zero-order valence-electron chi connectivity index (χ0n) is 19.0. The number of carbonyl (C=O) groups is 1. The lowest BCUT2D eigenvalue weighted by atomic mass is 9.97. The lowest BCUT2D eigenvalue weighted by molar-refractivity contribution is -0.128. The topological polar surface area (TPSA) is 66.6 Å². The molecule has 1 fully saturated rings. The molecule has 0 bridgehead atoms. The number of carbonyl (C=O) groups excluding carboxylic acids is 1. The van der Waals surface area contributed by atoms with Crippen molar-refractivity contribution in [1.82, 2.24) is 19.9 Å². The molecule has 7 heteroatoms. The molecule has 0 spiro atoms. The van der Waals surface area contributed by atoms with Gasteiger partial charge in [0, 0.05) is 31.4 Å². The van der Waals surface area contributed by atoms with E-state index in [0.29, 0.717) is 19.6 Å². The van der Waals surface area contributed by atoms with E-state index in [0.717, 1.165) is 28.0 Å². The molecule has 1 saturated heterocycles. The van der Waals surface area contributed by atoms with Crippen LogP contribution in [0.25, 0.3) is 37.8 Å². The van der Waals surface area contributed by atoms with Gasteiger partial charge in [-0.15, -0.1) is 0 Å². The fourth-order valence-corrected chi connectivity index (χ4v) is 4.80. The molecule has 1 atom stereocenters. The third-order valence-electron chi connectivity index (χ3n) is 6.43. The van der Waals surface area contributed by atoms with Crippen LogP contribution in [-0.2, 0) is 4.79 Å². The van der Waals surface area contributed by atoms with Crippen LogP contribution in [0.3, 0.4) is 0 Å². The molecule has 34 heavy (non-hydrogen) atoms. The van der Waals surface area contributed by atoms with Gasteiger partial charge in [-0.25, -0.2) is 16.5 Å². The van der Waals surface area contributed by atoms with Crippen LogP contribution >= 0.6 is 0 Å². The summed E-state index contributed by atoms with van der Waals surface area (Å²) in [6.07, 6.45) is 4.72. The van der Waals surface area contributed by atoms with Crippen molar-refractivity contribution in [2.45, 2.75) is 13.0 Å². The highest BCUT2D eigenvalue weighted by Crippen LogP contribution is 2.32. The summed E-state index contributed by atoms with van der Waals surface area (Å²) < 4.78 is 0. The molecule has 1 aliphatic heterocycles. The Labute approximate surface area is 198 Å². The second-order valence-electron chi connectivity index (χ2n) is 8.44. The zero-order chi connectivity index (χ0) is 23.7. The smallest absolute Gasteiger partial charge is 0.246 e. The van der Waals surface area contributed by atoms with Crippen molar-refractivity contribution in [2.24, 2.45) is 0 Å². The maximum Gasteiger partial charge on any atom is 0.246 e. The molecule has 4 aromatic rings. The van der Waals surface area contributed by atoms with E-state index in [9.17, 15) is 4.79 Å². The Kier molecular flexibility index (Phi) is 5.64. The van der Waals surface area contributed by atoms with Gasteiger partial charge in [0.25, 0.3) is 0 Å². The van der Waals surface area contributed by atoms with Crippen molar-refractivity contribution < 1.29 is 4.79 Å². The molecule has 0 aliphatic carbocycles. The monoisotopic (exact) mass is 448 g/mol. The van der Waals surface area contributed by atoms with Gasteiger partial charge in [0.1, 0.15) is 18.2 Å². The second-order valence-corrected chi connectivity index (χ2v) is 8.44. The minimum Gasteiger partial charge on any atom is -0.352 e. The number of fused-ring (bicyclic) bond motifs is 2. The number of rotatable bonds is 4. The summed E-state index contributed by atoms with van der Waals surface area (Å²) in [6.45, 7) is 14.9. The third kappa shape index (κ3) is 3.73. The van der Waals surface area contributed by atoms with Crippen LogP contribution in [0.4, 0.5) is 5.82 Å². The van der Waals surface area contributed by atoms with E-state index in [2.05, 4.69) is 69.6 Å². The lowest BCUT2D eigenvalue weighted by Gasteiger charge is -2.39. The Morgan fingerprint density at radius 1 is 1.21 bits per heavy atom. The van der Waals surface area contributed by atoms with Crippen LogP contribution in [0.2, 0.25) is 0 Å². The number of benzene rings is 2. The lowest BCUT2D eigenvalue weighted by Crippen LogP contribution is -2.56. The summed E-state index contributed by atoms with van der Waals surface area (Å²) in [5.74, 6) is 0.636. The van der Waals surface area contributed by atoms with Gasteiger partial charge in [0.15, 0.2) is 0 Å². The normalized spacial score (nSPS) is 15.9. The molecule has 0 saturated carbocycles. The fourth-order valence-electron chi connectivity index (χ4n) is 4.80. The first-order valence-electron chi connectivity index (χ1n) is 11.2. The molecule has 1 amide bonds. The molecule has 1 aliphatic rings. The van der Waals surface area contributed by atoms with Crippen molar-refractivity contribution in [2.75, 3.05) is 31.1 Å². The predicted molar refractivity (Wildman–Crippen MR) is 134 cm³/mol. The highest BCUT2D eigenvalue weighted by atomic mass is 16.2. The Morgan fingerprint density at radius 2 is 2.03 bits per heavy atom. The van der Waals surface area contributed by atoms with Gasteiger partial charge in [-0.05, 0) is 35.4 Å². The Balaban J connectivity index is 1.53. The summed E-state index contributed by atoms with van der Waals surface area (Å²) in [7, 11) is 0. The van der Waals surface area contributed by atoms with Crippen LogP contribution in [0.1, 0.15) is 5.56 Å². The molecule has 5 rings (SSSR count). The van der Waals surface area contributed by atoms with E-state index in [1.54, 1.807) is 11.2 Å². The second kappa shape index (κ2) is 8.91. The van der Waals surface area contributed by atoms with E-state index in [1.807, 2.05) is 12.3 Å². The third-order valence-corrected chi connectivity index (χ3v) is 6.43. The number of aryl methyl sites for hydroxylation is 1. The highest BCUT2D eigenvalue weighted by molar-refractivity contribution is 6.00. The number of pyridine rings is 1. The van der Waals surface area contributed by atoms with Crippen molar-refractivity contribution in [1.29, 1.82) is 0 Å². The molecular weight excluding hydrogens is 424 g/mol. The first-order chi connectivity index (χ1) is 16.6. The van der Waals surface area contributed by atoms with Gasteiger partial charge in [0.05, 0.1) is 16.6 Å². The fraction of sp³-hybridized carbons (Fsp3) is 0.222. The Bertz CT molecular complexity index is 1450. The van der Waals surface area contributed by atoms with Gasteiger partial charge in [-0.1, -0.05) is 43.0 Å². The average molecular weight is 449 g/mol. The largest absolute Gasteiger partial charge is 0.352 e. The molecule has 2 aromatic carbocycles. The number of piperazine rings is 1. The van der Waals surface area contributed by atoms with Crippen LogP contribution in [-0.4, -0.2) is 58.0 Å². The molecule has 2 aromatic heterocycles. The highest BCUT2D eigenvalue weighted by Gasteiger charge is 2.32. The summed E-state index contributed by atoms with van der Waals surface area (Å²) in [6, 6.07) is 14.4. The van der Waals surface area contributed by atoms with Crippen molar-refractivity contribution >= 4 is 33.4 Å². The first-order valence-corrected chi connectivity index (χ1v) is 11.2. The molecule has 0 unspecified atom stereocenters. The van der Waals surface area contributed by atoms with Crippen LogP contribution in [0.15, 0.2) is 67.6 Å². The van der Waals surface area contributed by atoms with E-state index < -0.39 is 0 Å². The summed E-state index contributed by atoms with van der Waals surface area (Å²) >= 11 is 0. The van der Waals surface area contributed by atoms with Gasteiger partial charge in [-0.2, -0.15) is 0 Å². The van der Waals surface area contributed by atoms with Crippen molar-refractivity contribution in [3.8, 4) is 11.3 Å². The summed E-state index contributed by atoms with van der Waals surface area (Å²) in [4.78, 5) is 33.5. The molecular formula is C27H24N6O. The van der Waals surface area contributed by atoms with Gasteiger partial charge in [0.2, 0.25) is 12.5 Å². The van der Waals surface area contributed by atoms with Crippen molar-refractivity contribution in [3.63, 3.8) is 0 Å². The first kappa shape index (κ1) is 21.5. The number of nitrogens with zero attached hydrogens (tertiary/aromatic N) is 6. The number of hydrogen-bond donors (Lipinski definition) is 0. The SMILES string of the molecule is [C-]#[N+]C[C@H]1CN(c2ncnc3cc(-c4cccc5cccc(C)c45)ncc23)CCN1C(=O)C=C. The Morgan fingerprint density at radius 3 is 2.82 bits per heavy atom. The standard InChI is InChI=1S/C27H24N6O/c1-4-25(34)33-12-11-32(16-20(33)14-28-3)27-22-15-29-23(13-24(22)30-17-31-27)21-10-6-9-19-8-5-7-18(2)26(19)21/h4-10,13,15,17,20H,1,11-12,14,16H2,2H3/t20-/m0/s1. The molecule has 7 nitrogen and oxygen atoms in total. The van der Waals surface area contributed by atoms with Gasteiger partial charge in [-0.3, -0.25) is 9.78 Å². The minimum atomic E-state index is -0.215. The Hall–Kier alpha value is -4.31. The van der Waals surface area contributed by atoms with Crippen molar-refractivity contribution in [3.05, 3.63) is 84.6 Å². The van der Waals surface area contributed by atoms with Crippen LogP contribution < -0.4 is 4.90 Å². The molecule has 0 N–H and O–H groups in total. The minimum absolute atomic E-state index is 0.141. The average Bonchev–Trinajstić information content (AvgIpc) is 2.87. The number of aromatic nitrogens is 3. The molecule has 3 heterocycles. The zero-order valence-corrected chi connectivity index (χ0v) is 19.0. The van der Waals surface area contributed by atoms with Crippen LogP contribution in [0.5, 0.6) is 0 Å². The maximum atomic E-state index is 12.2. The summed E-state index contributed by atoms with van der Waals surface area (Å²) in [5, 5.41) is 3.23. The van der Waals surface area contributed by atoms with Crippen LogP contribution in [0, 0.1) is 13.5 Å². The predicted octanol–water partition coefficient (Wildman–Crippen LogP) is 4.28. The van der Waals surface area contributed by atoms with E-state index in [1.165, 1.54) is 22.4 Å². The summed E-state index contributed by atoms with van der Waals surface area (Å²) in [5.41, 5.74) is 3.96. The van der Waals surface area contributed by atoms with E-state index in [4.69, 9.17) is 11.6 Å². The molecule has 168 valence electrons. The van der Waals surface area contributed by atoms with E-state index >= 15 is 0 Å². The maximum absolute atomic E-state index is 12.2.